The van der Waals surface area contributed by atoms with Gasteiger partial charge in [-0.3, -0.25) is 4.79 Å². The minimum atomic E-state index is -0.800. The Morgan fingerprint density at radius 2 is 2.06 bits per heavy atom. The van der Waals surface area contributed by atoms with E-state index in [0.29, 0.717) is 13.0 Å². The van der Waals surface area contributed by atoms with E-state index in [1.54, 1.807) is 14.2 Å². The topological polar surface area (TPSA) is 55.8 Å². The van der Waals surface area contributed by atoms with Gasteiger partial charge >= 0.3 is 5.97 Å². The Balaban J connectivity index is 2.86. The molecule has 4 heteroatoms. The first-order valence-electron chi connectivity index (χ1n) is 5.04. The highest BCUT2D eigenvalue weighted by Crippen LogP contribution is 2.19. The highest BCUT2D eigenvalue weighted by Gasteiger charge is 2.06. The third-order valence-electron chi connectivity index (χ3n) is 2.32. The molecule has 0 unspecified atom stereocenters. The summed E-state index contributed by atoms with van der Waals surface area (Å²) in [7, 11) is 3.21. The quantitative estimate of drug-likeness (QED) is 0.801. The molecule has 0 aliphatic rings. The van der Waals surface area contributed by atoms with Crippen LogP contribution < -0.4 is 4.74 Å². The summed E-state index contributed by atoms with van der Waals surface area (Å²) < 4.78 is 10.2. The van der Waals surface area contributed by atoms with E-state index in [4.69, 9.17) is 14.6 Å². The van der Waals surface area contributed by atoms with Crippen molar-refractivity contribution in [3.05, 3.63) is 29.3 Å². The normalized spacial score (nSPS) is 10.1. The van der Waals surface area contributed by atoms with Crippen molar-refractivity contribution in [3.8, 4) is 5.75 Å². The molecule has 1 N–H and O–H groups in total. The number of methoxy groups -OCH3 is 2. The number of hydrogen-bond donors (Lipinski definition) is 1. The lowest BCUT2D eigenvalue weighted by molar-refractivity contribution is -0.136. The van der Waals surface area contributed by atoms with Crippen molar-refractivity contribution in [1.82, 2.24) is 0 Å². The third-order valence-corrected chi connectivity index (χ3v) is 2.32. The molecule has 0 aliphatic carbocycles. The molecule has 0 aliphatic heterocycles. The number of rotatable bonds is 6. The molecule has 0 amide bonds. The summed E-state index contributed by atoms with van der Waals surface area (Å²) in [5.41, 5.74) is 1.97. The van der Waals surface area contributed by atoms with Crippen LogP contribution in [0.1, 0.15) is 17.5 Å². The van der Waals surface area contributed by atoms with Gasteiger partial charge in [-0.05, 0) is 29.7 Å². The molecular weight excluding hydrogens is 208 g/mol. The van der Waals surface area contributed by atoms with E-state index in [0.717, 1.165) is 16.9 Å². The highest BCUT2D eigenvalue weighted by molar-refractivity contribution is 5.67. The maximum absolute atomic E-state index is 10.5. The summed E-state index contributed by atoms with van der Waals surface area (Å²) in [5, 5.41) is 8.66. The average Bonchev–Trinajstić information content (AvgIpc) is 2.28. The maximum Gasteiger partial charge on any atom is 0.303 e. The van der Waals surface area contributed by atoms with Crippen molar-refractivity contribution in [3.63, 3.8) is 0 Å². The number of aryl methyl sites for hydroxylation is 1. The first-order chi connectivity index (χ1) is 7.67. The van der Waals surface area contributed by atoms with Crippen LogP contribution in [0.15, 0.2) is 18.2 Å². The third kappa shape index (κ3) is 3.55. The van der Waals surface area contributed by atoms with Gasteiger partial charge in [0.25, 0.3) is 0 Å². The molecule has 0 atom stereocenters. The summed E-state index contributed by atoms with van der Waals surface area (Å²) in [5.74, 6) is -0.0635. The van der Waals surface area contributed by atoms with E-state index in [2.05, 4.69) is 0 Å². The van der Waals surface area contributed by atoms with E-state index >= 15 is 0 Å². The van der Waals surface area contributed by atoms with Crippen LogP contribution in [0.2, 0.25) is 0 Å². The molecule has 1 aromatic rings. The Hall–Kier alpha value is -1.55. The molecule has 0 radical (unpaired) electrons. The number of carboxylic acids is 1. The SMILES string of the molecule is COCc1ccc(OC)cc1CCC(=O)O. The smallest absolute Gasteiger partial charge is 0.303 e. The summed E-state index contributed by atoms with van der Waals surface area (Å²) >= 11 is 0. The van der Waals surface area contributed by atoms with Crippen LogP contribution in [0.5, 0.6) is 5.75 Å². The fraction of sp³-hybridized carbons (Fsp3) is 0.417. The van der Waals surface area contributed by atoms with Crippen molar-refractivity contribution in [2.75, 3.05) is 14.2 Å². The standard InChI is InChI=1S/C12H16O4/c1-15-8-10-3-5-11(16-2)7-9(10)4-6-12(13)14/h3,5,7H,4,6,8H2,1-2H3,(H,13,14). The van der Waals surface area contributed by atoms with E-state index in [-0.39, 0.29) is 6.42 Å². The molecule has 0 saturated heterocycles. The van der Waals surface area contributed by atoms with Gasteiger partial charge in [-0.2, -0.15) is 0 Å². The van der Waals surface area contributed by atoms with E-state index in [9.17, 15) is 4.79 Å². The largest absolute Gasteiger partial charge is 0.497 e. The van der Waals surface area contributed by atoms with Gasteiger partial charge in [-0.25, -0.2) is 0 Å². The molecule has 0 heterocycles. The number of ether oxygens (including phenoxy) is 2. The molecule has 88 valence electrons. The molecule has 16 heavy (non-hydrogen) atoms. The minimum Gasteiger partial charge on any atom is -0.497 e. The Morgan fingerprint density at radius 1 is 1.31 bits per heavy atom. The number of aliphatic carboxylic acids is 1. The van der Waals surface area contributed by atoms with Crippen LogP contribution >= 0.6 is 0 Å². The zero-order valence-electron chi connectivity index (χ0n) is 9.53. The van der Waals surface area contributed by atoms with Crippen molar-refractivity contribution in [2.24, 2.45) is 0 Å². The number of benzene rings is 1. The number of carboxylic acid groups (broad SMARTS) is 1. The van der Waals surface area contributed by atoms with Crippen LogP contribution in [0.3, 0.4) is 0 Å². The van der Waals surface area contributed by atoms with Gasteiger partial charge in [0.05, 0.1) is 13.7 Å². The molecule has 4 nitrogen and oxygen atoms in total. The molecular formula is C12H16O4. The number of carbonyl (C=O) groups is 1. The van der Waals surface area contributed by atoms with E-state index < -0.39 is 5.97 Å². The van der Waals surface area contributed by atoms with Crippen LogP contribution in [0.25, 0.3) is 0 Å². The molecule has 0 fully saturated rings. The van der Waals surface area contributed by atoms with Crippen molar-refractivity contribution < 1.29 is 19.4 Å². The Kier molecular flexibility index (Phi) is 4.79. The Bertz CT molecular complexity index is 360. The summed E-state index contributed by atoms with van der Waals surface area (Å²) in [6.07, 6.45) is 0.606. The van der Waals surface area contributed by atoms with E-state index in [1.807, 2.05) is 18.2 Å². The molecule has 1 aromatic carbocycles. The van der Waals surface area contributed by atoms with Gasteiger partial charge in [-0.15, -0.1) is 0 Å². The second-order valence-corrected chi connectivity index (χ2v) is 3.46. The zero-order valence-corrected chi connectivity index (χ0v) is 9.53. The predicted octanol–water partition coefficient (Wildman–Crippen LogP) is 1.86. The van der Waals surface area contributed by atoms with Crippen LogP contribution in [-0.2, 0) is 22.6 Å². The summed E-state index contributed by atoms with van der Waals surface area (Å²) in [6, 6.07) is 5.61. The molecule has 0 bridgehead atoms. The van der Waals surface area contributed by atoms with Crippen LogP contribution in [0.4, 0.5) is 0 Å². The molecule has 0 saturated carbocycles. The van der Waals surface area contributed by atoms with Gasteiger partial charge in [0.15, 0.2) is 0 Å². The summed E-state index contributed by atoms with van der Waals surface area (Å²) in [4.78, 5) is 10.5. The molecule has 1 rings (SSSR count). The van der Waals surface area contributed by atoms with Crippen molar-refractivity contribution in [2.45, 2.75) is 19.4 Å². The van der Waals surface area contributed by atoms with E-state index in [1.165, 1.54) is 0 Å². The van der Waals surface area contributed by atoms with Gasteiger partial charge < -0.3 is 14.6 Å². The summed E-state index contributed by atoms with van der Waals surface area (Å²) in [6.45, 7) is 0.485. The Morgan fingerprint density at radius 3 is 2.62 bits per heavy atom. The van der Waals surface area contributed by atoms with Gasteiger partial charge in [0.1, 0.15) is 5.75 Å². The predicted molar refractivity (Wildman–Crippen MR) is 59.7 cm³/mol. The molecule has 0 spiro atoms. The lowest BCUT2D eigenvalue weighted by Crippen LogP contribution is -2.02. The zero-order chi connectivity index (χ0) is 12.0. The Labute approximate surface area is 94.8 Å². The minimum absolute atomic E-state index is 0.115. The monoisotopic (exact) mass is 224 g/mol. The number of hydrogen-bond acceptors (Lipinski definition) is 3. The van der Waals surface area contributed by atoms with Gasteiger partial charge in [0, 0.05) is 13.5 Å². The second-order valence-electron chi connectivity index (χ2n) is 3.46. The first kappa shape index (κ1) is 12.5. The van der Waals surface area contributed by atoms with Crippen molar-refractivity contribution in [1.29, 1.82) is 0 Å². The van der Waals surface area contributed by atoms with Crippen LogP contribution in [-0.4, -0.2) is 25.3 Å². The lowest BCUT2D eigenvalue weighted by Gasteiger charge is -2.10. The maximum atomic E-state index is 10.5. The van der Waals surface area contributed by atoms with Gasteiger partial charge in [0.2, 0.25) is 0 Å². The molecule has 0 aromatic heterocycles. The van der Waals surface area contributed by atoms with Gasteiger partial charge in [-0.1, -0.05) is 6.07 Å². The average molecular weight is 224 g/mol. The lowest BCUT2D eigenvalue weighted by atomic mass is 10.0. The second kappa shape index (κ2) is 6.12. The fourth-order valence-corrected chi connectivity index (χ4v) is 1.50. The fourth-order valence-electron chi connectivity index (χ4n) is 1.50. The highest BCUT2D eigenvalue weighted by atomic mass is 16.5. The first-order valence-corrected chi connectivity index (χ1v) is 5.04. The van der Waals surface area contributed by atoms with Crippen LogP contribution in [0, 0.1) is 0 Å². The van der Waals surface area contributed by atoms with Crippen molar-refractivity contribution >= 4 is 5.97 Å².